The van der Waals surface area contributed by atoms with E-state index in [0.29, 0.717) is 24.5 Å². The molecule has 0 spiro atoms. The van der Waals surface area contributed by atoms with Crippen molar-refractivity contribution in [2.45, 2.75) is 19.9 Å². The van der Waals surface area contributed by atoms with Crippen LogP contribution in [-0.2, 0) is 0 Å². The Kier molecular flexibility index (Phi) is 5.94. The fourth-order valence-corrected chi connectivity index (χ4v) is 2.89. The van der Waals surface area contributed by atoms with Crippen molar-refractivity contribution in [2.24, 2.45) is 5.73 Å². The zero-order valence-corrected chi connectivity index (χ0v) is 15.6. The molecule has 27 heavy (non-hydrogen) atoms. The van der Waals surface area contributed by atoms with Gasteiger partial charge in [0.2, 0.25) is 0 Å². The molecule has 0 aliphatic carbocycles. The molecule has 1 atom stereocenters. The predicted molar refractivity (Wildman–Crippen MR) is 106 cm³/mol. The highest BCUT2D eigenvalue weighted by atomic mass is 16.5. The van der Waals surface area contributed by atoms with Crippen molar-refractivity contribution in [1.29, 1.82) is 0 Å². The first-order chi connectivity index (χ1) is 13.1. The highest BCUT2D eigenvalue weighted by molar-refractivity contribution is 5.96. The average Bonchev–Trinajstić information content (AvgIpc) is 3.22. The van der Waals surface area contributed by atoms with Crippen LogP contribution in [0.15, 0.2) is 65.5 Å². The third kappa shape index (κ3) is 4.57. The minimum Gasteiger partial charge on any atom is -0.492 e. The van der Waals surface area contributed by atoms with E-state index in [2.05, 4.69) is 11.4 Å². The fourth-order valence-electron chi connectivity index (χ4n) is 2.89. The summed E-state index contributed by atoms with van der Waals surface area (Å²) in [7, 11) is 0. The van der Waals surface area contributed by atoms with Crippen LogP contribution in [0.4, 0.5) is 0 Å². The SMILES string of the molecule is Cc1ccc(OCCN)cc1C(=O)N[C@H](C)c1cccc(-c2ccoc2)c1. The van der Waals surface area contributed by atoms with Crippen LogP contribution >= 0.6 is 0 Å². The van der Waals surface area contributed by atoms with Gasteiger partial charge in [-0.3, -0.25) is 4.79 Å². The van der Waals surface area contributed by atoms with E-state index in [0.717, 1.165) is 22.3 Å². The number of ether oxygens (including phenoxy) is 1. The molecule has 0 radical (unpaired) electrons. The van der Waals surface area contributed by atoms with E-state index in [-0.39, 0.29) is 11.9 Å². The number of nitrogens with one attached hydrogen (secondary N) is 1. The van der Waals surface area contributed by atoms with Crippen molar-refractivity contribution >= 4 is 5.91 Å². The van der Waals surface area contributed by atoms with Gasteiger partial charge in [0.15, 0.2) is 0 Å². The highest BCUT2D eigenvalue weighted by Gasteiger charge is 2.15. The first kappa shape index (κ1) is 18.7. The lowest BCUT2D eigenvalue weighted by Crippen LogP contribution is -2.27. The molecule has 140 valence electrons. The number of hydrogen-bond acceptors (Lipinski definition) is 4. The Labute approximate surface area is 159 Å². The van der Waals surface area contributed by atoms with Crippen LogP contribution in [-0.4, -0.2) is 19.1 Å². The predicted octanol–water partition coefficient (Wildman–Crippen LogP) is 4.08. The molecule has 0 saturated carbocycles. The standard InChI is InChI=1S/C22H24N2O3/c1-15-6-7-20(27-11-9-23)13-21(15)22(25)24-16(2)17-4-3-5-18(12-17)19-8-10-26-14-19/h3-8,10,12-14,16H,9,11,23H2,1-2H3,(H,24,25)/t16-/m1/s1. The van der Waals surface area contributed by atoms with Gasteiger partial charge < -0.3 is 20.2 Å². The zero-order chi connectivity index (χ0) is 19.2. The molecule has 0 aliphatic rings. The van der Waals surface area contributed by atoms with Gasteiger partial charge in [-0.2, -0.15) is 0 Å². The molecule has 3 aromatic rings. The van der Waals surface area contributed by atoms with Crippen molar-refractivity contribution in [1.82, 2.24) is 5.32 Å². The number of hydrogen-bond donors (Lipinski definition) is 2. The Bertz CT molecular complexity index is 904. The van der Waals surface area contributed by atoms with Gasteiger partial charge in [0.05, 0.1) is 18.6 Å². The van der Waals surface area contributed by atoms with Gasteiger partial charge in [-0.25, -0.2) is 0 Å². The normalized spacial score (nSPS) is 11.8. The molecule has 5 heteroatoms. The summed E-state index contributed by atoms with van der Waals surface area (Å²) in [5, 5.41) is 3.07. The summed E-state index contributed by atoms with van der Waals surface area (Å²) >= 11 is 0. The first-order valence-corrected chi connectivity index (χ1v) is 8.95. The van der Waals surface area contributed by atoms with Gasteiger partial charge in [-0.05, 0) is 54.8 Å². The molecule has 2 aromatic carbocycles. The highest BCUT2D eigenvalue weighted by Crippen LogP contribution is 2.24. The lowest BCUT2D eigenvalue weighted by molar-refractivity contribution is 0.0939. The summed E-state index contributed by atoms with van der Waals surface area (Å²) in [6.45, 7) is 4.73. The van der Waals surface area contributed by atoms with Crippen LogP contribution in [0.2, 0.25) is 0 Å². The largest absolute Gasteiger partial charge is 0.492 e. The maximum Gasteiger partial charge on any atom is 0.252 e. The number of benzene rings is 2. The van der Waals surface area contributed by atoms with E-state index < -0.39 is 0 Å². The van der Waals surface area contributed by atoms with Gasteiger partial charge in [0.1, 0.15) is 12.4 Å². The molecule has 0 unspecified atom stereocenters. The number of furan rings is 1. The molecule has 0 aliphatic heterocycles. The smallest absolute Gasteiger partial charge is 0.252 e. The first-order valence-electron chi connectivity index (χ1n) is 8.95. The summed E-state index contributed by atoms with van der Waals surface area (Å²) in [6, 6.07) is 15.3. The molecule has 0 fully saturated rings. The van der Waals surface area contributed by atoms with Crippen LogP contribution < -0.4 is 15.8 Å². The maximum atomic E-state index is 12.8. The summed E-state index contributed by atoms with van der Waals surface area (Å²) < 4.78 is 10.7. The Hall–Kier alpha value is -3.05. The quantitative estimate of drug-likeness (QED) is 0.662. The minimum absolute atomic E-state index is 0.132. The van der Waals surface area contributed by atoms with E-state index in [9.17, 15) is 4.79 Å². The van der Waals surface area contributed by atoms with Crippen molar-refractivity contribution in [3.63, 3.8) is 0 Å². The van der Waals surface area contributed by atoms with Gasteiger partial charge in [0, 0.05) is 17.7 Å². The lowest BCUT2D eigenvalue weighted by Gasteiger charge is -2.17. The lowest BCUT2D eigenvalue weighted by atomic mass is 10.0. The maximum absolute atomic E-state index is 12.8. The van der Waals surface area contributed by atoms with Gasteiger partial charge in [0.25, 0.3) is 5.91 Å². The Morgan fingerprint density at radius 1 is 1.19 bits per heavy atom. The van der Waals surface area contributed by atoms with Crippen molar-refractivity contribution in [2.75, 3.05) is 13.2 Å². The van der Waals surface area contributed by atoms with E-state index in [1.807, 2.05) is 50.2 Å². The molecular weight excluding hydrogens is 340 g/mol. The Morgan fingerprint density at radius 2 is 2.04 bits per heavy atom. The summed E-state index contributed by atoms with van der Waals surface area (Å²) in [4.78, 5) is 12.8. The van der Waals surface area contributed by atoms with Gasteiger partial charge in [-0.1, -0.05) is 24.3 Å². The summed E-state index contributed by atoms with van der Waals surface area (Å²) in [5.74, 6) is 0.512. The van der Waals surface area contributed by atoms with E-state index in [4.69, 9.17) is 14.9 Å². The second kappa shape index (κ2) is 8.56. The minimum atomic E-state index is -0.141. The zero-order valence-electron chi connectivity index (χ0n) is 15.6. The van der Waals surface area contributed by atoms with Crippen LogP contribution in [0.1, 0.15) is 34.5 Å². The third-order valence-corrected chi connectivity index (χ3v) is 4.43. The summed E-state index contributed by atoms with van der Waals surface area (Å²) in [6.07, 6.45) is 3.36. The topological polar surface area (TPSA) is 77.5 Å². The Morgan fingerprint density at radius 3 is 2.78 bits per heavy atom. The average molecular weight is 364 g/mol. The second-order valence-corrected chi connectivity index (χ2v) is 6.45. The molecule has 5 nitrogen and oxygen atoms in total. The van der Waals surface area contributed by atoms with Crippen molar-refractivity contribution < 1.29 is 13.9 Å². The molecule has 1 aromatic heterocycles. The second-order valence-electron chi connectivity index (χ2n) is 6.45. The number of rotatable bonds is 7. The van der Waals surface area contributed by atoms with E-state index in [1.165, 1.54) is 0 Å². The van der Waals surface area contributed by atoms with Crippen LogP contribution in [0.5, 0.6) is 5.75 Å². The number of carbonyl (C=O) groups excluding carboxylic acids is 1. The number of nitrogens with two attached hydrogens (primary N) is 1. The molecule has 1 amide bonds. The van der Waals surface area contributed by atoms with E-state index in [1.54, 1.807) is 18.6 Å². The van der Waals surface area contributed by atoms with Crippen molar-refractivity contribution in [3.8, 4) is 16.9 Å². The third-order valence-electron chi connectivity index (χ3n) is 4.43. The molecule has 3 N–H and O–H groups in total. The molecule has 0 bridgehead atoms. The van der Waals surface area contributed by atoms with Gasteiger partial charge in [-0.15, -0.1) is 0 Å². The number of aryl methyl sites for hydroxylation is 1. The van der Waals surface area contributed by atoms with Crippen LogP contribution in [0, 0.1) is 6.92 Å². The Balaban J connectivity index is 1.75. The molecule has 0 saturated heterocycles. The van der Waals surface area contributed by atoms with E-state index >= 15 is 0 Å². The van der Waals surface area contributed by atoms with Crippen LogP contribution in [0.25, 0.3) is 11.1 Å². The van der Waals surface area contributed by atoms with Crippen LogP contribution in [0.3, 0.4) is 0 Å². The van der Waals surface area contributed by atoms with Gasteiger partial charge >= 0.3 is 0 Å². The fraction of sp³-hybridized carbons (Fsp3) is 0.227. The summed E-state index contributed by atoms with van der Waals surface area (Å²) in [5.41, 5.74) is 10.1. The molecule has 1 heterocycles. The molecule has 3 rings (SSSR count). The van der Waals surface area contributed by atoms with Crippen molar-refractivity contribution in [3.05, 3.63) is 77.7 Å². The number of amides is 1. The number of carbonyl (C=O) groups is 1. The monoisotopic (exact) mass is 364 g/mol. The molecular formula is C22H24N2O3.